The molecule has 0 saturated carbocycles. The zero-order valence-electron chi connectivity index (χ0n) is 21.9. The number of carbonyl (C=O) groups is 2. The number of hydrogen-bond acceptors (Lipinski definition) is 8. The van der Waals surface area contributed by atoms with E-state index in [1.54, 1.807) is 74.5 Å². The summed E-state index contributed by atoms with van der Waals surface area (Å²) in [4.78, 5) is 25.6. The van der Waals surface area contributed by atoms with Crippen LogP contribution in [0.3, 0.4) is 0 Å². The molecule has 0 amide bonds. The zero-order chi connectivity index (χ0) is 26.8. The van der Waals surface area contributed by atoms with Gasteiger partial charge in [0.25, 0.3) is 0 Å². The third-order valence-corrected chi connectivity index (χ3v) is 6.72. The summed E-state index contributed by atoms with van der Waals surface area (Å²) in [7, 11) is 0.173. The van der Waals surface area contributed by atoms with Crippen LogP contribution < -0.4 is 0 Å². The van der Waals surface area contributed by atoms with E-state index in [0.717, 1.165) is 0 Å². The van der Waals surface area contributed by atoms with Gasteiger partial charge in [0.1, 0.15) is 28.8 Å². The number of carbonyl (C=O) groups excluding carboxylic acids is 2. The van der Waals surface area contributed by atoms with Crippen LogP contribution in [0, 0.1) is 0 Å². The van der Waals surface area contributed by atoms with Crippen molar-refractivity contribution in [2.75, 3.05) is 6.61 Å². The topological polar surface area (TPSA) is 101 Å². The fraction of sp³-hybridized carbons (Fsp3) is 0.481. The molecule has 1 aliphatic heterocycles. The lowest BCUT2D eigenvalue weighted by Crippen LogP contribution is -2.68. The highest BCUT2D eigenvalue weighted by Gasteiger charge is 2.72. The maximum absolute atomic E-state index is 13.0. The molecule has 3 rings (SSSR count). The normalized spacial score (nSPS) is 26.5. The number of rotatable bonds is 8. The summed E-state index contributed by atoms with van der Waals surface area (Å²) >= 11 is 0. The molecule has 196 valence electrons. The molecular weight excluding hydrogens is 480 g/mol. The molecule has 0 spiro atoms. The monoisotopic (exact) mass is 516 g/mol. The number of ether oxygens (including phenoxy) is 4. The molecule has 0 aromatic heterocycles. The van der Waals surface area contributed by atoms with Gasteiger partial charge in [0.05, 0.1) is 16.7 Å². The van der Waals surface area contributed by atoms with Crippen LogP contribution in [0.4, 0.5) is 0 Å². The van der Waals surface area contributed by atoms with Crippen LogP contribution in [0.5, 0.6) is 0 Å². The van der Waals surface area contributed by atoms with Crippen molar-refractivity contribution >= 4 is 22.4 Å². The van der Waals surface area contributed by atoms with Gasteiger partial charge < -0.3 is 28.5 Å². The third-order valence-electron chi connectivity index (χ3n) is 6.15. The van der Waals surface area contributed by atoms with Crippen molar-refractivity contribution in [2.24, 2.45) is 0 Å². The molecule has 8 nitrogen and oxygen atoms in total. The van der Waals surface area contributed by atoms with Gasteiger partial charge >= 0.3 is 11.9 Å². The van der Waals surface area contributed by atoms with Crippen LogP contribution in [-0.2, 0) is 23.4 Å². The molecule has 1 aliphatic rings. The lowest BCUT2D eigenvalue weighted by molar-refractivity contribution is -0.342. The van der Waals surface area contributed by atoms with Crippen molar-refractivity contribution < 1.29 is 38.1 Å². The second-order valence-corrected chi connectivity index (χ2v) is 10.9. The summed E-state index contributed by atoms with van der Waals surface area (Å²) in [5.74, 6) is -2.94. The first-order valence-electron chi connectivity index (χ1n) is 11.9. The largest absolute Gasteiger partial charge is 0.459 e. The maximum atomic E-state index is 13.0. The van der Waals surface area contributed by atoms with E-state index in [1.807, 2.05) is 20.8 Å². The van der Waals surface area contributed by atoms with Crippen molar-refractivity contribution in [1.82, 2.24) is 0 Å². The lowest BCUT2D eigenvalue weighted by atomic mass is 9.80. The quantitative estimate of drug-likeness (QED) is 0.422. The first-order chi connectivity index (χ1) is 16.7. The van der Waals surface area contributed by atoms with Gasteiger partial charge in [-0.25, -0.2) is 9.59 Å². The van der Waals surface area contributed by atoms with E-state index in [2.05, 4.69) is 0 Å². The summed E-state index contributed by atoms with van der Waals surface area (Å²) in [6.45, 7) is 10.3. The third kappa shape index (κ3) is 5.55. The molecule has 1 N–H and O–H groups in total. The van der Waals surface area contributed by atoms with Crippen molar-refractivity contribution in [3.05, 3.63) is 71.8 Å². The van der Waals surface area contributed by atoms with Crippen LogP contribution in [0.2, 0.25) is 0 Å². The predicted octanol–water partition coefficient (Wildman–Crippen LogP) is 2.81. The fourth-order valence-corrected chi connectivity index (χ4v) is 5.91. The van der Waals surface area contributed by atoms with Crippen molar-refractivity contribution in [1.29, 1.82) is 0 Å². The highest BCUT2D eigenvalue weighted by molar-refractivity contribution is 5.98. The summed E-state index contributed by atoms with van der Waals surface area (Å²) in [5, 5.41) is 11.9. The van der Waals surface area contributed by atoms with Gasteiger partial charge in [-0.3, -0.25) is 0 Å². The Kier molecular flexibility index (Phi) is 8.12. The van der Waals surface area contributed by atoms with Gasteiger partial charge in [0, 0.05) is 0 Å². The van der Waals surface area contributed by atoms with Gasteiger partial charge in [0.15, 0.2) is 11.7 Å². The first kappa shape index (κ1) is 28.0. The average molecular weight is 517 g/mol. The molecule has 1 unspecified atom stereocenters. The Labute approximate surface area is 215 Å². The minimum atomic E-state index is -1.86. The Morgan fingerprint density at radius 2 is 1.44 bits per heavy atom. The molecule has 0 bridgehead atoms. The smallest absolute Gasteiger partial charge is 0.338 e. The molecule has 4 atom stereocenters. The Hall–Kier alpha value is -2.56. The van der Waals surface area contributed by atoms with E-state index < -0.39 is 46.7 Å². The van der Waals surface area contributed by atoms with Crippen LogP contribution in [0.1, 0.15) is 62.3 Å². The zero-order valence-corrected chi connectivity index (χ0v) is 23.9. The standard InChI is InChI=1S/C27H36O8Si/c1-24(2,3)34-25(4,5)27(35-36)26(6,30)21(32-23(29)19-15-11-8-12-16-19)20(33-27)17-31-22(28)18-13-9-7-10-14-18/h7-16,20-21,30H,17H2,1-6,36H3/t20-,21-,26+,27?/m1/s1. The van der Waals surface area contributed by atoms with Crippen molar-refractivity contribution in [2.45, 2.75) is 76.3 Å². The van der Waals surface area contributed by atoms with E-state index in [-0.39, 0.29) is 17.1 Å². The minimum absolute atomic E-state index is 0.173. The van der Waals surface area contributed by atoms with E-state index in [9.17, 15) is 14.7 Å². The van der Waals surface area contributed by atoms with Gasteiger partial charge in [-0.15, -0.1) is 0 Å². The Morgan fingerprint density at radius 1 is 0.944 bits per heavy atom. The average Bonchev–Trinajstić information content (AvgIpc) is 3.04. The van der Waals surface area contributed by atoms with Gasteiger partial charge in [-0.2, -0.15) is 0 Å². The molecule has 9 heteroatoms. The van der Waals surface area contributed by atoms with E-state index in [1.165, 1.54) is 6.92 Å². The highest BCUT2D eigenvalue weighted by atomic mass is 28.2. The molecule has 2 aromatic carbocycles. The van der Waals surface area contributed by atoms with Crippen molar-refractivity contribution in [3.8, 4) is 0 Å². The van der Waals surface area contributed by atoms with Gasteiger partial charge in [-0.05, 0) is 65.8 Å². The summed E-state index contributed by atoms with van der Waals surface area (Å²) in [6, 6.07) is 16.9. The molecule has 1 fully saturated rings. The molecule has 2 aromatic rings. The van der Waals surface area contributed by atoms with Crippen LogP contribution >= 0.6 is 0 Å². The highest BCUT2D eigenvalue weighted by Crippen LogP contribution is 2.50. The summed E-state index contributed by atoms with van der Waals surface area (Å²) < 4.78 is 29.9. The second kappa shape index (κ2) is 10.4. The number of aliphatic hydroxyl groups is 1. The molecule has 36 heavy (non-hydrogen) atoms. The van der Waals surface area contributed by atoms with Crippen LogP contribution in [-0.4, -0.2) is 68.9 Å². The molecule has 0 radical (unpaired) electrons. The molecule has 0 aliphatic carbocycles. The van der Waals surface area contributed by atoms with Gasteiger partial charge in [-0.1, -0.05) is 36.4 Å². The fourth-order valence-electron chi connectivity index (χ4n) is 4.91. The minimum Gasteiger partial charge on any atom is -0.459 e. The first-order valence-corrected chi connectivity index (χ1v) is 12.7. The molecular formula is C27H36O8Si. The Balaban J connectivity index is 1.96. The van der Waals surface area contributed by atoms with Crippen LogP contribution in [0.15, 0.2) is 60.7 Å². The number of esters is 2. The lowest BCUT2D eigenvalue weighted by Gasteiger charge is -2.50. The van der Waals surface area contributed by atoms with Crippen molar-refractivity contribution in [3.63, 3.8) is 0 Å². The Bertz CT molecular complexity index is 1050. The van der Waals surface area contributed by atoms with Crippen LogP contribution in [0.25, 0.3) is 0 Å². The molecule has 1 heterocycles. The summed E-state index contributed by atoms with van der Waals surface area (Å²) in [5.41, 5.74) is -2.99. The summed E-state index contributed by atoms with van der Waals surface area (Å²) in [6.07, 6.45) is -2.26. The molecule has 1 saturated heterocycles. The van der Waals surface area contributed by atoms with E-state index in [4.69, 9.17) is 23.4 Å². The SMILES string of the molecule is CC(C)(C)OC(C)(C)C1(O[SiH3])O[C@H](COC(=O)c2ccccc2)[C@@H](OC(=O)c2ccccc2)[C@]1(C)O. The predicted molar refractivity (Wildman–Crippen MR) is 137 cm³/mol. The second-order valence-electron chi connectivity index (χ2n) is 10.5. The Morgan fingerprint density at radius 3 is 1.92 bits per heavy atom. The maximum Gasteiger partial charge on any atom is 0.338 e. The van der Waals surface area contributed by atoms with E-state index >= 15 is 0 Å². The number of hydrogen-bond donors (Lipinski definition) is 1. The number of benzene rings is 2. The van der Waals surface area contributed by atoms with E-state index in [0.29, 0.717) is 11.1 Å². The van der Waals surface area contributed by atoms with Gasteiger partial charge in [0.2, 0.25) is 5.79 Å².